The van der Waals surface area contributed by atoms with E-state index < -0.39 is 11.9 Å². The lowest BCUT2D eigenvalue weighted by Crippen LogP contribution is -2.64. The number of nitrogens with one attached hydrogen (secondary N) is 2. The SMILES string of the molecule is CNCCOC12CC3(C)CC(C)(CC(Cn4ncc(-c5ccc(-c6ccc7c(c6)C(C(=O)Nc6nc8ccccc8s6)=CN(O)C7)nc5C(=O)O)c4C)(C3)C1)C2. The Bertz CT molecular complexity index is 2380. The number of carboxylic acids is 1. The van der Waals surface area contributed by atoms with Gasteiger partial charge in [-0.25, -0.2) is 14.8 Å². The van der Waals surface area contributed by atoms with Crippen LogP contribution >= 0.6 is 11.3 Å². The number of benzene rings is 2. The van der Waals surface area contributed by atoms with Crippen LogP contribution < -0.4 is 10.6 Å². The number of carbonyl (C=O) groups is 2. The largest absolute Gasteiger partial charge is 0.476 e. The van der Waals surface area contributed by atoms with Crippen molar-refractivity contribution >= 4 is 44.1 Å². The molecule has 1 amide bonds. The van der Waals surface area contributed by atoms with E-state index in [0.29, 0.717) is 34.1 Å². The number of anilines is 1. The minimum Gasteiger partial charge on any atom is -0.476 e. The maximum atomic E-state index is 13.6. The first-order valence-electron chi connectivity index (χ1n) is 19.3. The summed E-state index contributed by atoms with van der Waals surface area (Å²) in [6.07, 6.45) is 9.88. The van der Waals surface area contributed by atoms with Gasteiger partial charge in [-0.1, -0.05) is 49.4 Å². The van der Waals surface area contributed by atoms with Crippen LogP contribution in [0.25, 0.3) is 38.2 Å². The molecular weight excluding hydrogens is 727 g/mol. The van der Waals surface area contributed by atoms with Gasteiger partial charge in [0.2, 0.25) is 0 Å². The predicted octanol–water partition coefficient (Wildman–Crippen LogP) is 7.77. The number of likely N-dealkylation sites (N-methyl/N-ethyl adjacent to an activating group) is 1. The van der Waals surface area contributed by atoms with Gasteiger partial charge in [-0.15, -0.1) is 0 Å². The van der Waals surface area contributed by atoms with Gasteiger partial charge in [-0.05, 0) is 110 Å². The summed E-state index contributed by atoms with van der Waals surface area (Å²) in [4.78, 5) is 35.7. The molecule has 13 heteroatoms. The van der Waals surface area contributed by atoms with E-state index in [4.69, 9.17) is 14.8 Å². The first-order valence-corrected chi connectivity index (χ1v) is 20.1. The molecule has 0 radical (unpaired) electrons. The summed E-state index contributed by atoms with van der Waals surface area (Å²) in [5, 5.41) is 33.4. The molecule has 2 aromatic carbocycles. The zero-order valence-corrected chi connectivity index (χ0v) is 33.0. The fourth-order valence-electron chi connectivity index (χ4n) is 11.5. The number of nitrogens with zero attached hydrogens (tertiary/aromatic N) is 5. The van der Waals surface area contributed by atoms with Crippen molar-refractivity contribution in [2.75, 3.05) is 25.5 Å². The maximum absolute atomic E-state index is 13.6. The van der Waals surface area contributed by atoms with Gasteiger partial charge in [-0.2, -0.15) is 5.10 Å². The van der Waals surface area contributed by atoms with Crippen LogP contribution in [0.5, 0.6) is 0 Å². The number of hydroxylamine groups is 2. The van der Waals surface area contributed by atoms with Crippen LogP contribution in [0, 0.1) is 23.2 Å². The Morgan fingerprint density at radius 3 is 2.48 bits per heavy atom. The molecule has 2 atom stereocenters. The molecule has 12 nitrogen and oxygen atoms in total. The van der Waals surface area contributed by atoms with Crippen molar-refractivity contribution < 1.29 is 24.6 Å². The number of rotatable bonds is 11. The Balaban J connectivity index is 0.996. The van der Waals surface area contributed by atoms with Gasteiger partial charge in [0.15, 0.2) is 10.8 Å². The van der Waals surface area contributed by atoms with E-state index >= 15 is 0 Å². The highest BCUT2D eigenvalue weighted by Gasteiger charge is 2.66. The molecule has 1 aliphatic heterocycles. The number of hydrogen-bond acceptors (Lipinski definition) is 10. The highest BCUT2D eigenvalue weighted by atomic mass is 32.1. The topological polar surface area (TPSA) is 155 Å². The second-order valence-electron chi connectivity index (χ2n) is 17.5. The summed E-state index contributed by atoms with van der Waals surface area (Å²) in [6, 6.07) is 16.8. The van der Waals surface area contributed by atoms with Gasteiger partial charge in [0, 0.05) is 41.7 Å². The van der Waals surface area contributed by atoms with E-state index in [2.05, 4.69) is 34.1 Å². The van der Waals surface area contributed by atoms with Crippen LogP contribution in [0.4, 0.5) is 5.13 Å². The summed E-state index contributed by atoms with van der Waals surface area (Å²) in [5.41, 5.74) is 5.94. The number of aromatic nitrogens is 4. The number of hydrogen-bond donors (Lipinski definition) is 4. The third kappa shape index (κ3) is 6.49. The number of ether oxygens (including phenoxy) is 1. The molecule has 10 rings (SSSR count). The summed E-state index contributed by atoms with van der Waals surface area (Å²) < 4.78 is 9.78. The van der Waals surface area contributed by atoms with Crippen LogP contribution in [-0.2, 0) is 22.6 Å². The summed E-state index contributed by atoms with van der Waals surface area (Å²) in [7, 11) is 1.96. The Hall–Kier alpha value is -4.95. The average Bonchev–Trinajstić information content (AvgIpc) is 3.70. The number of fused-ring (bicyclic) bond motifs is 2. The molecule has 4 heterocycles. The summed E-state index contributed by atoms with van der Waals surface area (Å²) >= 11 is 1.37. The van der Waals surface area contributed by atoms with Gasteiger partial charge in [0.05, 0.1) is 46.4 Å². The van der Waals surface area contributed by atoms with Crippen LogP contribution in [-0.4, -0.2) is 72.8 Å². The standard InChI is InChI=1S/C43H47N7O5S/c1-26-31(16-45-50(26)25-42-20-40(2)19-41(3,21-42)23-43(22-40,24-42)55-14-13-44-4)29-11-12-33(46-36(29)38(52)53)27-9-10-28-17-49(54)18-32(30(28)15-27)37(51)48-39-47-34-7-5-6-8-35(34)56-39/h5-12,15-16,18,44,54H,13-14,17,19-25H2,1-4H3,(H,52,53)(H,47,48,51). The molecule has 0 spiro atoms. The maximum Gasteiger partial charge on any atom is 0.355 e. The minimum atomic E-state index is -1.14. The molecule has 0 saturated heterocycles. The molecule has 3 aromatic heterocycles. The molecule has 290 valence electrons. The van der Waals surface area contributed by atoms with Crippen molar-refractivity contribution in [3.05, 3.63) is 89.5 Å². The lowest BCUT2D eigenvalue weighted by atomic mass is 9.39. The minimum absolute atomic E-state index is 0.0434. The van der Waals surface area contributed by atoms with Crippen molar-refractivity contribution in [1.29, 1.82) is 0 Å². The van der Waals surface area contributed by atoms with Crippen molar-refractivity contribution in [2.45, 2.75) is 78.0 Å². The number of para-hydroxylation sites is 1. The first-order chi connectivity index (χ1) is 26.8. The number of amides is 1. The van der Waals surface area contributed by atoms with Gasteiger partial charge < -0.3 is 15.2 Å². The van der Waals surface area contributed by atoms with Crippen molar-refractivity contribution in [1.82, 2.24) is 30.1 Å². The van der Waals surface area contributed by atoms with Gasteiger partial charge >= 0.3 is 5.97 Å². The molecule has 4 N–H and O–H groups in total. The number of pyridine rings is 1. The zero-order valence-electron chi connectivity index (χ0n) is 32.2. The number of carbonyl (C=O) groups excluding carboxylic acids is 1. The number of carboxylic acid groups (broad SMARTS) is 1. The fraction of sp³-hybridized carbons (Fsp3) is 0.419. The van der Waals surface area contributed by atoms with E-state index in [1.54, 1.807) is 6.20 Å². The summed E-state index contributed by atoms with van der Waals surface area (Å²) in [6.45, 7) is 9.40. The zero-order chi connectivity index (χ0) is 39.0. The number of thiazole rings is 1. The van der Waals surface area contributed by atoms with E-state index in [1.165, 1.54) is 24.0 Å². The smallest absolute Gasteiger partial charge is 0.355 e. The van der Waals surface area contributed by atoms with Crippen molar-refractivity contribution in [3.63, 3.8) is 0 Å². The summed E-state index contributed by atoms with van der Waals surface area (Å²) in [5.74, 6) is -1.56. The second kappa shape index (κ2) is 13.3. The normalized spacial score (nSPS) is 26.4. The molecule has 5 aliphatic rings. The molecular formula is C43H47N7O5S. The first kappa shape index (κ1) is 36.7. The molecule has 56 heavy (non-hydrogen) atoms. The Kier molecular flexibility index (Phi) is 8.73. The molecule has 4 bridgehead atoms. The molecule has 2 unspecified atom stereocenters. The third-order valence-corrected chi connectivity index (χ3v) is 13.4. The fourth-order valence-corrected chi connectivity index (χ4v) is 12.4. The average molecular weight is 774 g/mol. The second-order valence-corrected chi connectivity index (χ2v) is 18.5. The lowest BCUT2D eigenvalue weighted by Gasteiger charge is -2.69. The molecule has 4 aliphatic carbocycles. The van der Waals surface area contributed by atoms with Crippen LogP contribution in [0.2, 0.25) is 0 Å². The van der Waals surface area contributed by atoms with Gasteiger partial charge in [0.25, 0.3) is 5.91 Å². The Labute approximate surface area is 329 Å². The third-order valence-electron chi connectivity index (χ3n) is 12.5. The van der Waals surface area contributed by atoms with Crippen molar-refractivity contribution in [2.24, 2.45) is 16.2 Å². The van der Waals surface area contributed by atoms with Gasteiger partial charge in [-0.3, -0.25) is 25.1 Å². The Morgan fingerprint density at radius 2 is 1.73 bits per heavy atom. The predicted molar refractivity (Wildman–Crippen MR) is 215 cm³/mol. The van der Waals surface area contributed by atoms with E-state index in [0.717, 1.165) is 77.3 Å². The monoisotopic (exact) mass is 773 g/mol. The highest BCUT2D eigenvalue weighted by Crippen LogP contribution is 2.72. The highest BCUT2D eigenvalue weighted by molar-refractivity contribution is 7.22. The molecule has 4 fully saturated rings. The van der Waals surface area contributed by atoms with Crippen LogP contribution in [0.15, 0.2) is 67.0 Å². The van der Waals surface area contributed by atoms with Gasteiger partial charge in [0.1, 0.15) is 0 Å². The van der Waals surface area contributed by atoms with E-state index in [9.17, 15) is 19.9 Å². The van der Waals surface area contributed by atoms with E-state index in [1.807, 2.05) is 68.6 Å². The lowest BCUT2D eigenvalue weighted by molar-refractivity contribution is -0.247. The van der Waals surface area contributed by atoms with Crippen LogP contribution in [0.3, 0.4) is 0 Å². The quantitative estimate of drug-likeness (QED) is 0.0979. The van der Waals surface area contributed by atoms with Crippen molar-refractivity contribution in [3.8, 4) is 22.4 Å². The number of aromatic carboxylic acids is 1. The van der Waals surface area contributed by atoms with E-state index in [-0.39, 0.29) is 39.7 Å². The molecule has 5 aromatic rings. The molecule has 4 saturated carbocycles. The Morgan fingerprint density at radius 1 is 0.946 bits per heavy atom. The van der Waals surface area contributed by atoms with Crippen LogP contribution in [0.1, 0.15) is 79.7 Å².